The lowest BCUT2D eigenvalue weighted by atomic mass is 9.71. The fourth-order valence-corrected chi connectivity index (χ4v) is 4.04. The Kier molecular flexibility index (Phi) is 5.87. The second-order valence-corrected chi connectivity index (χ2v) is 7.44. The quantitative estimate of drug-likeness (QED) is 0.720. The lowest BCUT2D eigenvalue weighted by Gasteiger charge is -2.35. The molecular formula is C22H27NO5. The molecule has 0 bridgehead atoms. The van der Waals surface area contributed by atoms with Crippen LogP contribution in [0.3, 0.4) is 0 Å². The first kappa shape index (κ1) is 20.1. The summed E-state index contributed by atoms with van der Waals surface area (Å²) < 4.78 is 16.5. The van der Waals surface area contributed by atoms with E-state index in [9.17, 15) is 9.59 Å². The van der Waals surface area contributed by atoms with E-state index in [1.54, 1.807) is 26.4 Å². The highest BCUT2D eigenvalue weighted by molar-refractivity contribution is 6.09. The van der Waals surface area contributed by atoms with Gasteiger partial charge in [0.1, 0.15) is 17.4 Å². The molecule has 0 aromatic heterocycles. The molecule has 0 saturated carbocycles. The van der Waals surface area contributed by atoms with Crippen LogP contribution in [0.1, 0.15) is 51.5 Å². The number of rotatable bonds is 5. The van der Waals surface area contributed by atoms with E-state index in [0.717, 1.165) is 24.1 Å². The number of esters is 1. The van der Waals surface area contributed by atoms with E-state index in [0.29, 0.717) is 29.2 Å². The van der Waals surface area contributed by atoms with Gasteiger partial charge < -0.3 is 14.2 Å². The van der Waals surface area contributed by atoms with Crippen LogP contribution in [-0.4, -0.2) is 37.8 Å². The zero-order valence-electron chi connectivity index (χ0n) is 17.1. The van der Waals surface area contributed by atoms with Gasteiger partial charge in [0.25, 0.3) is 0 Å². The predicted octanol–water partition coefficient (Wildman–Crippen LogP) is 3.84. The van der Waals surface area contributed by atoms with E-state index in [4.69, 9.17) is 14.2 Å². The smallest absolute Gasteiger partial charge is 0.315 e. The Labute approximate surface area is 165 Å². The van der Waals surface area contributed by atoms with Crippen LogP contribution >= 0.6 is 0 Å². The van der Waals surface area contributed by atoms with Gasteiger partial charge in [0.2, 0.25) is 0 Å². The van der Waals surface area contributed by atoms with Gasteiger partial charge in [0, 0.05) is 34.9 Å². The number of nitrogens with zero attached hydrogens (tertiary/aromatic N) is 1. The number of ketones is 1. The molecule has 1 aliphatic heterocycles. The van der Waals surface area contributed by atoms with Crippen molar-refractivity contribution in [2.45, 2.75) is 52.1 Å². The largest absolute Gasteiger partial charge is 0.497 e. The van der Waals surface area contributed by atoms with Gasteiger partial charge in [-0.2, -0.15) is 0 Å². The molecule has 28 heavy (non-hydrogen) atoms. The molecule has 0 spiro atoms. The SMILES string of the molecule is COc1ccc(OC)c([C@H]2C3=C(CCCC3=O)N=C(C)C2C(=O)OC(C)C)c1. The number of methoxy groups -OCH3 is 2. The minimum absolute atomic E-state index is 0.0368. The third-order valence-corrected chi connectivity index (χ3v) is 5.21. The van der Waals surface area contributed by atoms with Crippen LogP contribution in [0.4, 0.5) is 0 Å². The molecule has 1 aromatic carbocycles. The van der Waals surface area contributed by atoms with E-state index >= 15 is 0 Å². The number of aliphatic imine (C=N–C) groups is 1. The molecule has 6 nitrogen and oxygen atoms in total. The van der Waals surface area contributed by atoms with Gasteiger partial charge in [-0.15, -0.1) is 0 Å². The zero-order valence-corrected chi connectivity index (χ0v) is 17.1. The molecule has 1 heterocycles. The summed E-state index contributed by atoms with van der Waals surface area (Å²) in [5.74, 6) is -0.281. The maximum absolute atomic E-state index is 13.0. The second kappa shape index (κ2) is 8.17. The van der Waals surface area contributed by atoms with Crippen molar-refractivity contribution < 1.29 is 23.8 Å². The van der Waals surface area contributed by atoms with Crippen LogP contribution in [-0.2, 0) is 14.3 Å². The van der Waals surface area contributed by atoms with E-state index in [1.165, 1.54) is 0 Å². The molecule has 1 aliphatic carbocycles. The molecular weight excluding hydrogens is 358 g/mol. The highest BCUT2D eigenvalue weighted by Gasteiger charge is 2.44. The van der Waals surface area contributed by atoms with Crippen LogP contribution in [0, 0.1) is 5.92 Å². The van der Waals surface area contributed by atoms with E-state index in [-0.39, 0.29) is 17.9 Å². The normalized spacial score (nSPS) is 21.9. The summed E-state index contributed by atoms with van der Waals surface area (Å²) in [4.78, 5) is 30.6. The van der Waals surface area contributed by atoms with Crippen molar-refractivity contribution in [1.82, 2.24) is 0 Å². The first-order valence-electron chi connectivity index (χ1n) is 9.61. The average molecular weight is 385 g/mol. The molecule has 3 rings (SSSR count). The van der Waals surface area contributed by atoms with Crippen molar-refractivity contribution in [1.29, 1.82) is 0 Å². The lowest BCUT2D eigenvalue weighted by molar-refractivity contribution is -0.150. The minimum Gasteiger partial charge on any atom is -0.497 e. The number of carbonyl (C=O) groups excluding carboxylic acids is 2. The van der Waals surface area contributed by atoms with Gasteiger partial charge in [0.15, 0.2) is 5.78 Å². The number of carbonyl (C=O) groups is 2. The van der Waals surface area contributed by atoms with E-state index < -0.39 is 11.8 Å². The summed E-state index contributed by atoms with van der Waals surface area (Å²) in [6.07, 6.45) is 1.71. The van der Waals surface area contributed by atoms with Crippen molar-refractivity contribution in [3.63, 3.8) is 0 Å². The molecule has 150 valence electrons. The summed E-state index contributed by atoms with van der Waals surface area (Å²) >= 11 is 0. The predicted molar refractivity (Wildman–Crippen MR) is 106 cm³/mol. The van der Waals surface area contributed by atoms with Crippen LogP contribution < -0.4 is 9.47 Å². The Balaban J connectivity index is 2.21. The van der Waals surface area contributed by atoms with Crippen molar-refractivity contribution >= 4 is 17.5 Å². The van der Waals surface area contributed by atoms with Gasteiger partial charge in [0.05, 0.1) is 20.3 Å². The number of benzene rings is 1. The minimum atomic E-state index is -0.677. The molecule has 2 aliphatic rings. The standard InChI is InChI=1S/C22H27NO5/c1-12(2)28-22(25)19-13(3)23-16-7-6-8-17(24)21(16)20(19)15-11-14(26-4)9-10-18(15)27-5/h9-12,19-20H,6-8H2,1-5H3/t19?,20-/m1/s1. The molecule has 0 saturated heterocycles. The Morgan fingerprint density at radius 2 is 1.93 bits per heavy atom. The van der Waals surface area contributed by atoms with E-state index in [2.05, 4.69) is 4.99 Å². The Morgan fingerprint density at radius 3 is 2.57 bits per heavy atom. The van der Waals surface area contributed by atoms with Gasteiger partial charge >= 0.3 is 5.97 Å². The molecule has 1 aromatic rings. The Hall–Kier alpha value is -2.63. The summed E-state index contributed by atoms with van der Waals surface area (Å²) in [5.41, 5.74) is 2.78. The maximum atomic E-state index is 13.0. The third kappa shape index (κ3) is 3.68. The first-order valence-corrected chi connectivity index (χ1v) is 9.61. The highest BCUT2D eigenvalue weighted by Crippen LogP contribution is 2.47. The van der Waals surface area contributed by atoms with Crippen LogP contribution in [0.25, 0.3) is 0 Å². The molecule has 6 heteroatoms. The van der Waals surface area contributed by atoms with Gasteiger partial charge in [-0.1, -0.05) is 0 Å². The summed E-state index contributed by atoms with van der Waals surface area (Å²) in [5, 5.41) is 0. The average Bonchev–Trinajstić information content (AvgIpc) is 2.65. The van der Waals surface area contributed by atoms with Gasteiger partial charge in [-0.25, -0.2) is 0 Å². The van der Waals surface area contributed by atoms with Gasteiger partial charge in [-0.05, 0) is 51.8 Å². The van der Waals surface area contributed by atoms with Crippen LogP contribution in [0.15, 0.2) is 34.5 Å². The van der Waals surface area contributed by atoms with Gasteiger partial charge in [-0.3, -0.25) is 14.6 Å². The number of allylic oxidation sites excluding steroid dienone is 2. The Morgan fingerprint density at radius 1 is 1.18 bits per heavy atom. The van der Waals surface area contributed by atoms with Crippen LogP contribution in [0.5, 0.6) is 11.5 Å². The number of Topliss-reactive ketones (excluding diaryl/α,β-unsaturated/α-hetero) is 1. The van der Waals surface area contributed by atoms with Crippen molar-refractivity contribution in [3.05, 3.63) is 35.0 Å². The monoisotopic (exact) mass is 385 g/mol. The fraction of sp³-hybridized carbons (Fsp3) is 0.500. The number of ether oxygens (including phenoxy) is 3. The van der Waals surface area contributed by atoms with Crippen LogP contribution in [0.2, 0.25) is 0 Å². The second-order valence-electron chi connectivity index (χ2n) is 7.44. The molecule has 0 N–H and O–H groups in total. The zero-order chi connectivity index (χ0) is 20.4. The maximum Gasteiger partial charge on any atom is 0.315 e. The summed E-state index contributed by atoms with van der Waals surface area (Å²) in [7, 11) is 3.16. The Bertz CT molecular complexity index is 852. The third-order valence-electron chi connectivity index (χ3n) is 5.21. The topological polar surface area (TPSA) is 74.2 Å². The first-order chi connectivity index (χ1) is 13.4. The number of hydrogen-bond acceptors (Lipinski definition) is 6. The van der Waals surface area contributed by atoms with Crippen molar-refractivity contribution in [2.75, 3.05) is 14.2 Å². The van der Waals surface area contributed by atoms with Crippen molar-refractivity contribution in [3.8, 4) is 11.5 Å². The molecule has 0 fully saturated rings. The molecule has 0 radical (unpaired) electrons. The summed E-state index contributed by atoms with van der Waals surface area (Å²) in [6.45, 7) is 5.45. The molecule has 1 unspecified atom stereocenters. The number of hydrogen-bond donors (Lipinski definition) is 0. The molecule has 0 amide bonds. The highest BCUT2D eigenvalue weighted by atomic mass is 16.5. The summed E-state index contributed by atoms with van der Waals surface area (Å²) in [6, 6.07) is 5.43. The lowest BCUT2D eigenvalue weighted by Crippen LogP contribution is -2.38. The molecule has 2 atom stereocenters. The fourth-order valence-electron chi connectivity index (χ4n) is 4.04. The van der Waals surface area contributed by atoms with Crippen molar-refractivity contribution in [2.24, 2.45) is 10.9 Å². The van der Waals surface area contributed by atoms with E-state index in [1.807, 2.05) is 26.8 Å².